The second-order valence-corrected chi connectivity index (χ2v) is 7.34. The molecule has 3 rings (SSSR count). The van der Waals surface area contributed by atoms with E-state index in [0.29, 0.717) is 6.54 Å². The molecule has 0 spiro atoms. The highest BCUT2D eigenvalue weighted by Gasteiger charge is 2.25. The van der Waals surface area contributed by atoms with Crippen molar-refractivity contribution in [1.29, 1.82) is 0 Å². The molecule has 0 bridgehead atoms. The predicted molar refractivity (Wildman–Crippen MR) is 102 cm³/mol. The van der Waals surface area contributed by atoms with Crippen molar-refractivity contribution in [1.82, 2.24) is 10.2 Å². The lowest BCUT2D eigenvalue weighted by Crippen LogP contribution is -2.39. The van der Waals surface area contributed by atoms with E-state index in [1.54, 1.807) is 4.90 Å². The maximum Gasteiger partial charge on any atom is 0.282 e. The highest BCUT2D eigenvalue weighted by molar-refractivity contribution is 8.13. The molecule has 5 heteroatoms. The fourth-order valence-corrected chi connectivity index (χ4v) is 3.72. The monoisotopic (exact) mass is 354 g/mol. The van der Waals surface area contributed by atoms with Gasteiger partial charge in [-0.25, -0.2) is 0 Å². The molecule has 1 saturated heterocycles. The normalized spacial score (nSPS) is 15.3. The van der Waals surface area contributed by atoms with Crippen LogP contribution in [-0.2, 0) is 4.79 Å². The van der Waals surface area contributed by atoms with E-state index >= 15 is 0 Å². The first-order chi connectivity index (χ1) is 12.0. The Bertz CT molecular complexity index is 777. The third-order valence-electron chi connectivity index (χ3n) is 4.48. The molecule has 1 unspecified atom stereocenters. The molecule has 1 aliphatic heterocycles. The summed E-state index contributed by atoms with van der Waals surface area (Å²) in [5.74, 6) is 0.619. The number of hydrogen-bond acceptors (Lipinski definition) is 3. The molecule has 1 fully saturated rings. The van der Waals surface area contributed by atoms with E-state index in [-0.39, 0.29) is 23.7 Å². The van der Waals surface area contributed by atoms with Gasteiger partial charge in [-0.05, 0) is 36.1 Å². The standard InChI is InChI=1S/C20H22N2O2S/c1-14-8-9-17(12-15(14)2)19(16-6-4-3-5-7-16)21-18(23)13-22-10-11-25-20(22)24/h3-9,12,19H,10-11,13H2,1-2H3,(H,21,23). The zero-order chi connectivity index (χ0) is 17.8. The number of hydrogen-bond donors (Lipinski definition) is 1. The number of carbonyl (C=O) groups is 2. The van der Waals surface area contributed by atoms with E-state index in [9.17, 15) is 9.59 Å². The van der Waals surface area contributed by atoms with Crippen LogP contribution in [0.2, 0.25) is 0 Å². The molecular formula is C20H22N2O2S. The van der Waals surface area contributed by atoms with Gasteiger partial charge in [0.2, 0.25) is 5.91 Å². The molecule has 2 aromatic carbocycles. The Morgan fingerprint density at radius 1 is 1.12 bits per heavy atom. The average Bonchev–Trinajstić information content (AvgIpc) is 3.01. The predicted octanol–water partition coefficient (Wildman–Crippen LogP) is 3.68. The van der Waals surface area contributed by atoms with Crippen LogP contribution in [0.4, 0.5) is 4.79 Å². The number of benzene rings is 2. The number of rotatable bonds is 5. The highest BCUT2D eigenvalue weighted by Crippen LogP contribution is 2.24. The van der Waals surface area contributed by atoms with E-state index in [0.717, 1.165) is 16.9 Å². The minimum absolute atomic E-state index is 0.0161. The summed E-state index contributed by atoms with van der Waals surface area (Å²) in [6.45, 7) is 4.89. The van der Waals surface area contributed by atoms with Crippen molar-refractivity contribution in [2.75, 3.05) is 18.8 Å². The number of thioether (sulfide) groups is 1. The molecule has 0 saturated carbocycles. The first kappa shape index (κ1) is 17.5. The number of carbonyl (C=O) groups excluding carboxylic acids is 2. The molecule has 25 heavy (non-hydrogen) atoms. The third kappa shape index (κ3) is 4.23. The molecule has 0 radical (unpaired) electrons. The Morgan fingerprint density at radius 2 is 1.88 bits per heavy atom. The van der Waals surface area contributed by atoms with Crippen LogP contribution < -0.4 is 5.32 Å². The van der Waals surface area contributed by atoms with Crippen LogP contribution in [0.1, 0.15) is 28.3 Å². The Balaban J connectivity index is 1.82. The Hall–Kier alpha value is -2.27. The Labute approximate surface area is 152 Å². The highest BCUT2D eigenvalue weighted by atomic mass is 32.2. The van der Waals surface area contributed by atoms with Gasteiger partial charge in [-0.15, -0.1) is 0 Å². The van der Waals surface area contributed by atoms with Gasteiger partial charge in [0.05, 0.1) is 6.04 Å². The van der Waals surface area contributed by atoms with Crippen LogP contribution in [0.5, 0.6) is 0 Å². The molecule has 0 aliphatic carbocycles. The molecule has 4 nitrogen and oxygen atoms in total. The van der Waals surface area contributed by atoms with Crippen LogP contribution in [0.3, 0.4) is 0 Å². The third-order valence-corrected chi connectivity index (χ3v) is 5.37. The summed E-state index contributed by atoms with van der Waals surface area (Å²) in [6, 6.07) is 15.9. The lowest BCUT2D eigenvalue weighted by molar-refractivity contribution is -0.122. The summed E-state index contributed by atoms with van der Waals surface area (Å²) in [5, 5.41) is 3.09. The molecular weight excluding hydrogens is 332 g/mol. The van der Waals surface area contributed by atoms with Gasteiger partial charge in [0, 0.05) is 12.3 Å². The van der Waals surface area contributed by atoms with Crippen molar-refractivity contribution in [2.24, 2.45) is 0 Å². The first-order valence-electron chi connectivity index (χ1n) is 8.38. The quantitative estimate of drug-likeness (QED) is 0.891. The summed E-state index contributed by atoms with van der Waals surface area (Å²) < 4.78 is 0. The van der Waals surface area contributed by atoms with E-state index in [1.165, 1.54) is 22.9 Å². The van der Waals surface area contributed by atoms with Gasteiger partial charge in [-0.1, -0.05) is 60.3 Å². The molecule has 1 aliphatic rings. The summed E-state index contributed by atoms with van der Waals surface area (Å²) >= 11 is 1.27. The largest absolute Gasteiger partial charge is 0.344 e. The fourth-order valence-electron chi connectivity index (χ4n) is 2.90. The lowest BCUT2D eigenvalue weighted by Gasteiger charge is -2.22. The molecule has 1 N–H and O–H groups in total. The van der Waals surface area contributed by atoms with Crippen LogP contribution in [0.25, 0.3) is 0 Å². The maximum atomic E-state index is 12.5. The number of aryl methyl sites for hydroxylation is 2. The van der Waals surface area contributed by atoms with Gasteiger partial charge >= 0.3 is 0 Å². The van der Waals surface area contributed by atoms with E-state index in [1.807, 2.05) is 30.3 Å². The molecule has 130 valence electrons. The van der Waals surface area contributed by atoms with Gasteiger partial charge in [0.15, 0.2) is 0 Å². The van der Waals surface area contributed by atoms with Crippen LogP contribution >= 0.6 is 11.8 Å². The summed E-state index contributed by atoms with van der Waals surface area (Å²) in [5.41, 5.74) is 4.49. The summed E-state index contributed by atoms with van der Waals surface area (Å²) in [6.07, 6.45) is 0. The molecule has 0 aromatic heterocycles. The van der Waals surface area contributed by atoms with E-state index < -0.39 is 0 Å². The van der Waals surface area contributed by atoms with Crippen LogP contribution in [0.15, 0.2) is 48.5 Å². The second kappa shape index (κ2) is 7.74. The van der Waals surface area contributed by atoms with Crippen molar-refractivity contribution in [3.05, 3.63) is 70.8 Å². The van der Waals surface area contributed by atoms with Crippen LogP contribution in [-0.4, -0.2) is 34.9 Å². The smallest absolute Gasteiger partial charge is 0.282 e. The molecule has 1 atom stereocenters. The molecule has 2 aromatic rings. The summed E-state index contributed by atoms with van der Waals surface area (Å²) in [7, 11) is 0. The van der Waals surface area contributed by atoms with Crippen molar-refractivity contribution in [3.63, 3.8) is 0 Å². The number of nitrogens with one attached hydrogen (secondary N) is 1. The minimum atomic E-state index is -0.224. The van der Waals surface area contributed by atoms with Gasteiger partial charge in [-0.2, -0.15) is 0 Å². The average molecular weight is 354 g/mol. The van der Waals surface area contributed by atoms with Crippen molar-refractivity contribution >= 4 is 22.9 Å². The minimum Gasteiger partial charge on any atom is -0.344 e. The number of amides is 2. The van der Waals surface area contributed by atoms with Gasteiger partial charge < -0.3 is 10.2 Å². The van der Waals surface area contributed by atoms with E-state index in [2.05, 4.69) is 37.4 Å². The van der Waals surface area contributed by atoms with Crippen LogP contribution in [0, 0.1) is 13.8 Å². The van der Waals surface area contributed by atoms with Gasteiger partial charge in [0.1, 0.15) is 6.54 Å². The lowest BCUT2D eigenvalue weighted by atomic mass is 9.95. The van der Waals surface area contributed by atoms with Gasteiger partial charge in [-0.3, -0.25) is 9.59 Å². The fraction of sp³-hybridized carbons (Fsp3) is 0.300. The van der Waals surface area contributed by atoms with Crippen molar-refractivity contribution < 1.29 is 9.59 Å². The van der Waals surface area contributed by atoms with Crippen molar-refractivity contribution in [3.8, 4) is 0 Å². The van der Waals surface area contributed by atoms with Gasteiger partial charge in [0.25, 0.3) is 5.24 Å². The van der Waals surface area contributed by atoms with Crippen molar-refractivity contribution in [2.45, 2.75) is 19.9 Å². The molecule has 2 amide bonds. The number of nitrogens with zero attached hydrogens (tertiary/aromatic N) is 1. The van der Waals surface area contributed by atoms with E-state index in [4.69, 9.17) is 0 Å². The zero-order valence-electron chi connectivity index (χ0n) is 14.5. The first-order valence-corrected chi connectivity index (χ1v) is 9.36. The molecule has 1 heterocycles. The SMILES string of the molecule is Cc1ccc(C(NC(=O)CN2CCSC2=O)c2ccccc2)cc1C. The summed E-state index contributed by atoms with van der Waals surface area (Å²) in [4.78, 5) is 25.9. The zero-order valence-corrected chi connectivity index (χ0v) is 15.3. The maximum absolute atomic E-state index is 12.5. The Morgan fingerprint density at radius 3 is 2.52 bits per heavy atom. The topological polar surface area (TPSA) is 49.4 Å². The Kier molecular flexibility index (Phi) is 5.43. The second-order valence-electron chi connectivity index (χ2n) is 6.29.